The van der Waals surface area contributed by atoms with Gasteiger partial charge in [0.25, 0.3) is 0 Å². The summed E-state index contributed by atoms with van der Waals surface area (Å²) < 4.78 is 2.10. The van der Waals surface area contributed by atoms with Crippen molar-refractivity contribution in [2.24, 2.45) is 0 Å². The van der Waals surface area contributed by atoms with E-state index in [1.54, 1.807) is 6.20 Å². The fourth-order valence-electron chi connectivity index (χ4n) is 3.91. The third kappa shape index (κ3) is 4.25. The van der Waals surface area contributed by atoms with Gasteiger partial charge in [0, 0.05) is 49.6 Å². The third-order valence-corrected chi connectivity index (χ3v) is 5.50. The van der Waals surface area contributed by atoms with E-state index in [2.05, 4.69) is 51.7 Å². The Hall–Kier alpha value is -3.47. The van der Waals surface area contributed by atoms with Crippen molar-refractivity contribution in [3.63, 3.8) is 0 Å². The Balaban J connectivity index is 1.57. The maximum absolute atomic E-state index is 12.9. The molecule has 0 spiro atoms. The molecule has 5 nitrogen and oxygen atoms in total. The lowest BCUT2D eigenvalue weighted by atomic mass is 9.89. The Labute approximate surface area is 176 Å². The van der Waals surface area contributed by atoms with Crippen LogP contribution in [0.2, 0.25) is 0 Å². The zero-order valence-electron chi connectivity index (χ0n) is 17.4. The zero-order valence-corrected chi connectivity index (χ0v) is 17.4. The summed E-state index contributed by atoms with van der Waals surface area (Å²) in [5, 5.41) is 3.06. The van der Waals surface area contributed by atoms with E-state index in [1.165, 1.54) is 5.56 Å². The van der Waals surface area contributed by atoms with E-state index >= 15 is 0 Å². The maximum Gasteiger partial charge on any atom is 0.221 e. The number of benzene rings is 1. The van der Waals surface area contributed by atoms with Crippen molar-refractivity contribution < 1.29 is 4.79 Å². The second-order valence-corrected chi connectivity index (χ2v) is 7.60. The van der Waals surface area contributed by atoms with Crippen LogP contribution in [0.25, 0.3) is 5.65 Å². The van der Waals surface area contributed by atoms with Gasteiger partial charge in [0.15, 0.2) is 0 Å². The largest absolute Gasteiger partial charge is 0.356 e. The highest BCUT2D eigenvalue weighted by molar-refractivity contribution is 5.77. The first-order valence-corrected chi connectivity index (χ1v) is 10.3. The molecule has 152 valence electrons. The molecule has 3 heterocycles. The number of amides is 1. The summed E-state index contributed by atoms with van der Waals surface area (Å²) in [5.41, 5.74) is 6.38. The second kappa shape index (κ2) is 8.91. The predicted molar refractivity (Wildman–Crippen MR) is 119 cm³/mol. The lowest BCUT2D eigenvalue weighted by molar-refractivity contribution is -0.121. The molecule has 0 bridgehead atoms. The molecule has 1 amide bonds. The normalized spacial score (nSPS) is 12.1. The Morgan fingerprint density at radius 3 is 2.60 bits per heavy atom. The van der Waals surface area contributed by atoms with E-state index in [9.17, 15) is 4.79 Å². The van der Waals surface area contributed by atoms with E-state index in [0.717, 1.165) is 34.6 Å². The SMILES string of the molecule is Cc1ccccc1C(CC(=O)NCCc1ccccn1)c1cnc2c(C)cccn12. The zero-order chi connectivity index (χ0) is 20.9. The number of fused-ring (bicyclic) bond motifs is 1. The molecule has 5 heteroatoms. The lowest BCUT2D eigenvalue weighted by Gasteiger charge is -2.19. The predicted octanol–water partition coefficient (Wildman–Crippen LogP) is 4.23. The summed E-state index contributed by atoms with van der Waals surface area (Å²) in [7, 11) is 0. The second-order valence-electron chi connectivity index (χ2n) is 7.60. The van der Waals surface area contributed by atoms with Gasteiger partial charge in [-0.05, 0) is 48.7 Å². The molecule has 1 N–H and O–H groups in total. The van der Waals surface area contributed by atoms with Crippen molar-refractivity contribution in [3.8, 4) is 0 Å². The van der Waals surface area contributed by atoms with Gasteiger partial charge in [0.05, 0.1) is 5.69 Å². The summed E-state index contributed by atoms with van der Waals surface area (Å²) in [6.07, 6.45) is 6.79. The Bertz CT molecular complexity index is 1150. The van der Waals surface area contributed by atoms with Crippen LogP contribution in [-0.4, -0.2) is 26.8 Å². The highest BCUT2D eigenvalue weighted by Crippen LogP contribution is 2.31. The van der Waals surface area contributed by atoms with Crippen molar-refractivity contribution in [2.45, 2.75) is 32.6 Å². The topological polar surface area (TPSA) is 59.3 Å². The van der Waals surface area contributed by atoms with Crippen molar-refractivity contribution in [1.29, 1.82) is 0 Å². The number of aromatic nitrogens is 3. The summed E-state index contributed by atoms with van der Waals surface area (Å²) in [6, 6.07) is 18.2. The van der Waals surface area contributed by atoms with Crippen LogP contribution in [-0.2, 0) is 11.2 Å². The number of carbonyl (C=O) groups is 1. The van der Waals surface area contributed by atoms with Crippen LogP contribution in [0.4, 0.5) is 0 Å². The van der Waals surface area contributed by atoms with E-state index in [1.807, 2.05) is 48.8 Å². The molecule has 3 aromatic heterocycles. The van der Waals surface area contributed by atoms with Crippen molar-refractivity contribution in [1.82, 2.24) is 19.7 Å². The molecule has 4 rings (SSSR count). The summed E-state index contributed by atoms with van der Waals surface area (Å²) in [5.74, 6) is -0.0420. The number of carbonyl (C=O) groups excluding carboxylic acids is 1. The quantitative estimate of drug-likeness (QED) is 0.507. The maximum atomic E-state index is 12.9. The highest BCUT2D eigenvalue weighted by Gasteiger charge is 2.23. The monoisotopic (exact) mass is 398 g/mol. The Morgan fingerprint density at radius 1 is 1.00 bits per heavy atom. The average molecular weight is 399 g/mol. The first-order valence-electron chi connectivity index (χ1n) is 10.3. The number of nitrogens with zero attached hydrogens (tertiary/aromatic N) is 3. The van der Waals surface area contributed by atoms with Gasteiger partial charge in [-0.25, -0.2) is 4.98 Å². The van der Waals surface area contributed by atoms with Crippen LogP contribution >= 0.6 is 0 Å². The van der Waals surface area contributed by atoms with Crippen molar-refractivity contribution in [3.05, 3.63) is 101 Å². The molecular weight excluding hydrogens is 372 g/mol. The van der Waals surface area contributed by atoms with Crippen LogP contribution in [0.5, 0.6) is 0 Å². The molecule has 0 saturated heterocycles. The number of nitrogens with one attached hydrogen (secondary N) is 1. The van der Waals surface area contributed by atoms with Crippen LogP contribution in [0, 0.1) is 13.8 Å². The van der Waals surface area contributed by atoms with Crippen molar-refractivity contribution in [2.75, 3.05) is 6.54 Å². The van der Waals surface area contributed by atoms with E-state index in [-0.39, 0.29) is 11.8 Å². The molecule has 0 aliphatic rings. The van der Waals surface area contributed by atoms with E-state index < -0.39 is 0 Å². The first kappa shape index (κ1) is 19.8. The van der Waals surface area contributed by atoms with Gasteiger partial charge in [0.1, 0.15) is 5.65 Å². The molecule has 1 unspecified atom stereocenters. The lowest BCUT2D eigenvalue weighted by Crippen LogP contribution is -2.28. The third-order valence-electron chi connectivity index (χ3n) is 5.50. The molecule has 0 saturated carbocycles. The molecule has 0 aliphatic heterocycles. The average Bonchev–Trinajstić information content (AvgIpc) is 3.19. The Kier molecular flexibility index (Phi) is 5.89. The first-order chi connectivity index (χ1) is 14.6. The molecule has 1 atom stereocenters. The number of hydrogen-bond acceptors (Lipinski definition) is 3. The van der Waals surface area contributed by atoms with Gasteiger partial charge in [-0.2, -0.15) is 0 Å². The molecular formula is C25H26N4O. The number of hydrogen-bond donors (Lipinski definition) is 1. The van der Waals surface area contributed by atoms with Crippen LogP contribution in [0.15, 0.2) is 73.2 Å². The minimum absolute atomic E-state index is 0.0294. The Morgan fingerprint density at radius 2 is 1.80 bits per heavy atom. The molecule has 0 aliphatic carbocycles. The fourth-order valence-corrected chi connectivity index (χ4v) is 3.91. The molecule has 4 aromatic rings. The van der Waals surface area contributed by atoms with Crippen LogP contribution < -0.4 is 5.32 Å². The molecule has 0 fully saturated rings. The smallest absolute Gasteiger partial charge is 0.221 e. The number of aryl methyl sites for hydroxylation is 2. The summed E-state index contributed by atoms with van der Waals surface area (Å²) in [6.45, 7) is 4.72. The minimum atomic E-state index is -0.0714. The van der Waals surface area contributed by atoms with Crippen molar-refractivity contribution >= 4 is 11.6 Å². The number of imidazole rings is 1. The van der Waals surface area contributed by atoms with Gasteiger partial charge in [-0.3, -0.25) is 9.78 Å². The minimum Gasteiger partial charge on any atom is -0.356 e. The van der Waals surface area contributed by atoms with Gasteiger partial charge in [-0.1, -0.05) is 36.4 Å². The molecule has 30 heavy (non-hydrogen) atoms. The van der Waals surface area contributed by atoms with E-state index in [0.29, 0.717) is 13.0 Å². The van der Waals surface area contributed by atoms with Gasteiger partial charge in [0.2, 0.25) is 5.91 Å². The standard InChI is InChI=1S/C25H26N4O/c1-18-8-3-4-11-21(18)22(23-17-28-25-19(2)9-7-15-29(23)25)16-24(30)27-14-12-20-10-5-6-13-26-20/h3-11,13,15,17,22H,12,14,16H2,1-2H3,(H,27,30). The van der Waals surface area contributed by atoms with Gasteiger partial charge in [-0.15, -0.1) is 0 Å². The summed E-state index contributed by atoms with van der Waals surface area (Å²) in [4.78, 5) is 21.8. The summed E-state index contributed by atoms with van der Waals surface area (Å²) >= 11 is 0. The fraction of sp³-hybridized carbons (Fsp3) is 0.240. The molecule has 1 aromatic carbocycles. The van der Waals surface area contributed by atoms with Crippen LogP contribution in [0.3, 0.4) is 0 Å². The number of pyridine rings is 2. The van der Waals surface area contributed by atoms with E-state index in [4.69, 9.17) is 0 Å². The number of rotatable bonds is 7. The molecule has 0 radical (unpaired) electrons. The van der Waals surface area contributed by atoms with Crippen LogP contribution in [0.1, 0.15) is 40.4 Å². The van der Waals surface area contributed by atoms with Gasteiger partial charge >= 0.3 is 0 Å². The van der Waals surface area contributed by atoms with Gasteiger partial charge < -0.3 is 9.72 Å². The highest BCUT2D eigenvalue weighted by atomic mass is 16.1.